The molecule has 2 aromatic heterocycles. The Morgan fingerprint density at radius 3 is 2.17 bits per heavy atom. The Morgan fingerprint density at radius 2 is 1.43 bits per heavy atom. The van der Waals surface area contributed by atoms with Crippen molar-refractivity contribution in [1.82, 2.24) is 34.6 Å². The minimum absolute atomic E-state index is 0.611. The molecule has 3 aliphatic heterocycles. The molecule has 0 amide bonds. The number of piperazine rings is 1. The summed E-state index contributed by atoms with van der Waals surface area (Å²) in [5.41, 5.74) is 1.31. The number of anilines is 3. The molecule has 3 aliphatic rings. The van der Waals surface area contributed by atoms with Gasteiger partial charge in [0.25, 0.3) is 0 Å². The second-order valence-corrected chi connectivity index (χ2v) is 9.35. The highest BCUT2D eigenvalue weighted by Crippen LogP contribution is 2.22. The van der Waals surface area contributed by atoms with Crippen LogP contribution in [0.25, 0.3) is 11.2 Å². The molecule has 0 aliphatic carbocycles. The van der Waals surface area contributed by atoms with E-state index in [1.807, 2.05) is 0 Å². The van der Waals surface area contributed by atoms with Gasteiger partial charge >= 0.3 is 0 Å². The summed E-state index contributed by atoms with van der Waals surface area (Å²) in [6.45, 7) is 14.4. The van der Waals surface area contributed by atoms with Crippen LogP contribution >= 0.6 is 0 Å². The van der Waals surface area contributed by atoms with Gasteiger partial charge in [0, 0.05) is 78.5 Å². The summed E-state index contributed by atoms with van der Waals surface area (Å²) in [6, 6.07) is 0. The first-order chi connectivity index (χ1) is 17.2. The quantitative estimate of drug-likeness (QED) is 0.484. The van der Waals surface area contributed by atoms with Gasteiger partial charge < -0.3 is 29.9 Å². The van der Waals surface area contributed by atoms with Crippen LogP contribution in [-0.2, 0) is 9.47 Å². The van der Waals surface area contributed by atoms with Gasteiger partial charge in [-0.25, -0.2) is 9.97 Å². The zero-order valence-corrected chi connectivity index (χ0v) is 20.8. The number of aromatic nitrogens is 4. The molecule has 5 rings (SSSR count). The van der Waals surface area contributed by atoms with Crippen molar-refractivity contribution >= 4 is 28.7 Å². The van der Waals surface area contributed by atoms with Crippen LogP contribution in [0, 0.1) is 0 Å². The molecule has 5 heterocycles. The van der Waals surface area contributed by atoms with Crippen LogP contribution in [0.4, 0.5) is 17.6 Å². The molecule has 2 N–H and O–H groups in total. The predicted octanol–water partition coefficient (Wildman–Crippen LogP) is -0.340. The molecular formula is C23H38N10O2. The molecule has 12 heteroatoms. The fourth-order valence-electron chi connectivity index (χ4n) is 4.58. The summed E-state index contributed by atoms with van der Waals surface area (Å²) in [5, 5.41) is 6.94. The molecule has 3 fully saturated rings. The van der Waals surface area contributed by atoms with Crippen LogP contribution in [0.15, 0.2) is 6.20 Å². The second-order valence-electron chi connectivity index (χ2n) is 9.35. The average molecular weight is 487 g/mol. The maximum Gasteiger partial charge on any atom is 0.229 e. The topological polar surface area (TPSA) is 107 Å². The van der Waals surface area contributed by atoms with E-state index in [1.165, 1.54) is 0 Å². The first kappa shape index (κ1) is 24.3. The van der Waals surface area contributed by atoms with Gasteiger partial charge in [-0.1, -0.05) is 0 Å². The number of ether oxygens (including phenoxy) is 2. The average Bonchev–Trinajstić information content (AvgIpc) is 2.90. The molecule has 0 unspecified atom stereocenters. The molecule has 192 valence electrons. The standard InChI is InChI=1S/C23H38N10O2/c1-30-6-8-31(9-7-30)4-2-24-19-18-26-20-21(25-3-5-32-10-14-34-15-11-32)28-23(29-22(20)27-19)33-12-16-35-17-13-33/h18H,2-17H2,1H3,(H2,24,25,27,28,29). The van der Waals surface area contributed by atoms with Crippen LogP contribution in [0.1, 0.15) is 0 Å². The lowest BCUT2D eigenvalue weighted by Gasteiger charge is -2.32. The molecule has 0 saturated carbocycles. The molecule has 2 aromatic rings. The third-order valence-electron chi connectivity index (χ3n) is 6.84. The van der Waals surface area contributed by atoms with Crippen LogP contribution in [-0.4, -0.2) is 147 Å². The lowest BCUT2D eigenvalue weighted by atomic mass is 10.3. The summed E-state index contributed by atoms with van der Waals surface area (Å²) in [4.78, 5) is 28.5. The highest BCUT2D eigenvalue weighted by Gasteiger charge is 2.19. The molecule has 0 atom stereocenters. The SMILES string of the molecule is CN1CCN(CCNc2cnc3c(NCCN4CCOCC4)nc(N4CCOCC4)nc3n2)CC1. The van der Waals surface area contributed by atoms with Crippen molar-refractivity contribution in [2.45, 2.75) is 0 Å². The van der Waals surface area contributed by atoms with E-state index in [0.717, 1.165) is 103 Å². The summed E-state index contributed by atoms with van der Waals surface area (Å²) in [5.74, 6) is 2.16. The molecule has 0 spiro atoms. The van der Waals surface area contributed by atoms with Crippen molar-refractivity contribution in [3.63, 3.8) is 0 Å². The van der Waals surface area contributed by atoms with Crippen molar-refractivity contribution in [3.05, 3.63) is 6.20 Å². The van der Waals surface area contributed by atoms with Gasteiger partial charge in [-0.15, -0.1) is 0 Å². The number of fused-ring (bicyclic) bond motifs is 1. The van der Waals surface area contributed by atoms with Gasteiger partial charge in [-0.3, -0.25) is 9.80 Å². The lowest BCUT2D eigenvalue weighted by Crippen LogP contribution is -2.45. The normalized spacial score (nSPS) is 20.9. The first-order valence-electron chi connectivity index (χ1n) is 12.8. The number of nitrogens with one attached hydrogen (secondary N) is 2. The van der Waals surface area contributed by atoms with Gasteiger partial charge in [0.15, 0.2) is 17.0 Å². The summed E-state index contributed by atoms with van der Waals surface area (Å²) in [7, 11) is 2.18. The Bertz CT molecular complexity index is 943. The van der Waals surface area contributed by atoms with E-state index >= 15 is 0 Å². The van der Waals surface area contributed by atoms with E-state index in [4.69, 9.17) is 29.4 Å². The third kappa shape index (κ3) is 6.64. The van der Waals surface area contributed by atoms with Crippen molar-refractivity contribution in [2.75, 3.05) is 128 Å². The van der Waals surface area contributed by atoms with Crippen LogP contribution in [0.3, 0.4) is 0 Å². The maximum atomic E-state index is 5.52. The van der Waals surface area contributed by atoms with Crippen LogP contribution < -0.4 is 15.5 Å². The zero-order valence-electron chi connectivity index (χ0n) is 20.8. The number of nitrogens with zero attached hydrogens (tertiary/aromatic N) is 8. The highest BCUT2D eigenvalue weighted by molar-refractivity contribution is 5.84. The van der Waals surface area contributed by atoms with E-state index in [9.17, 15) is 0 Å². The smallest absolute Gasteiger partial charge is 0.229 e. The van der Waals surface area contributed by atoms with Crippen LogP contribution in [0.5, 0.6) is 0 Å². The maximum absolute atomic E-state index is 5.52. The van der Waals surface area contributed by atoms with E-state index in [1.54, 1.807) is 6.20 Å². The van der Waals surface area contributed by atoms with Gasteiger partial charge in [0.1, 0.15) is 5.82 Å². The van der Waals surface area contributed by atoms with E-state index in [0.29, 0.717) is 30.3 Å². The predicted molar refractivity (Wildman–Crippen MR) is 136 cm³/mol. The fourth-order valence-corrected chi connectivity index (χ4v) is 4.58. The molecular weight excluding hydrogens is 448 g/mol. The zero-order chi connectivity index (χ0) is 23.9. The number of likely N-dealkylation sites (N-methyl/N-ethyl adjacent to an activating group) is 1. The summed E-state index contributed by atoms with van der Waals surface area (Å²) in [6.07, 6.45) is 1.79. The van der Waals surface area contributed by atoms with Crippen molar-refractivity contribution in [1.29, 1.82) is 0 Å². The molecule has 35 heavy (non-hydrogen) atoms. The number of rotatable bonds is 9. The van der Waals surface area contributed by atoms with Gasteiger partial charge in [-0.05, 0) is 7.05 Å². The Kier molecular flexibility index (Phi) is 8.37. The largest absolute Gasteiger partial charge is 0.379 e. The number of hydrogen-bond donors (Lipinski definition) is 2. The molecule has 12 nitrogen and oxygen atoms in total. The van der Waals surface area contributed by atoms with E-state index in [-0.39, 0.29) is 0 Å². The highest BCUT2D eigenvalue weighted by atomic mass is 16.5. The molecule has 0 aromatic carbocycles. The van der Waals surface area contributed by atoms with Gasteiger partial charge in [0.2, 0.25) is 5.95 Å². The fraction of sp³-hybridized carbons (Fsp3) is 0.739. The second kappa shape index (κ2) is 12.0. The van der Waals surface area contributed by atoms with E-state index < -0.39 is 0 Å². The number of hydrogen-bond acceptors (Lipinski definition) is 12. The Morgan fingerprint density at radius 1 is 0.771 bits per heavy atom. The van der Waals surface area contributed by atoms with Crippen molar-refractivity contribution in [2.24, 2.45) is 0 Å². The minimum Gasteiger partial charge on any atom is -0.379 e. The monoisotopic (exact) mass is 486 g/mol. The van der Waals surface area contributed by atoms with Crippen molar-refractivity contribution in [3.8, 4) is 0 Å². The van der Waals surface area contributed by atoms with Gasteiger partial charge in [0.05, 0.1) is 32.6 Å². The van der Waals surface area contributed by atoms with Gasteiger partial charge in [-0.2, -0.15) is 9.97 Å². The molecule has 0 bridgehead atoms. The van der Waals surface area contributed by atoms with Crippen molar-refractivity contribution < 1.29 is 9.47 Å². The summed E-state index contributed by atoms with van der Waals surface area (Å²) >= 11 is 0. The third-order valence-corrected chi connectivity index (χ3v) is 6.84. The molecule has 3 saturated heterocycles. The Balaban J connectivity index is 1.27. The van der Waals surface area contributed by atoms with Crippen LogP contribution in [0.2, 0.25) is 0 Å². The first-order valence-corrected chi connectivity index (χ1v) is 12.8. The summed E-state index contributed by atoms with van der Waals surface area (Å²) < 4.78 is 11.0. The minimum atomic E-state index is 0.611. The lowest BCUT2D eigenvalue weighted by molar-refractivity contribution is 0.0398. The Labute approximate surface area is 207 Å². The van der Waals surface area contributed by atoms with E-state index in [2.05, 4.69) is 37.3 Å². The Hall–Kier alpha value is -2.38. The molecule has 0 radical (unpaired) electrons. The number of morpholine rings is 2.